The summed E-state index contributed by atoms with van der Waals surface area (Å²) < 4.78 is 0. The SMILES string of the molecule is c1ccc(-c2cc(-c3ccccc3)nc(-c3cccc(-c4ccc5ccccc5c4-c4cccc(-c5ccc6c7c(cccc57)-c5ccccc5-6)c4)c3)n2)cc1. The maximum Gasteiger partial charge on any atom is 0.160 e. The Morgan fingerprint density at radius 1 is 0.268 bits per heavy atom. The highest BCUT2D eigenvalue weighted by Gasteiger charge is 2.23. The third-order valence-electron chi connectivity index (χ3n) is 11.2. The van der Waals surface area contributed by atoms with E-state index in [4.69, 9.17) is 9.97 Å². The maximum absolute atomic E-state index is 5.15. The second-order valence-corrected chi connectivity index (χ2v) is 14.5. The summed E-state index contributed by atoms with van der Waals surface area (Å²) in [5.74, 6) is 0.700. The van der Waals surface area contributed by atoms with Crippen molar-refractivity contribution < 1.29 is 0 Å². The molecule has 1 heterocycles. The van der Waals surface area contributed by atoms with Crippen molar-refractivity contribution in [3.05, 3.63) is 206 Å². The maximum atomic E-state index is 5.15. The van der Waals surface area contributed by atoms with E-state index in [1.54, 1.807) is 0 Å². The zero-order valence-corrected chi connectivity index (χ0v) is 30.5. The molecule has 2 nitrogen and oxygen atoms in total. The van der Waals surface area contributed by atoms with Gasteiger partial charge in [0.1, 0.15) is 0 Å². The number of rotatable bonds is 6. The van der Waals surface area contributed by atoms with Crippen LogP contribution >= 0.6 is 0 Å². The molecule has 0 bridgehead atoms. The lowest BCUT2D eigenvalue weighted by Crippen LogP contribution is -1.96. The van der Waals surface area contributed by atoms with Gasteiger partial charge < -0.3 is 0 Å². The monoisotopic (exact) mass is 710 g/mol. The second kappa shape index (κ2) is 13.2. The molecule has 0 radical (unpaired) electrons. The van der Waals surface area contributed by atoms with Crippen molar-refractivity contribution in [3.63, 3.8) is 0 Å². The van der Waals surface area contributed by atoms with Crippen molar-refractivity contribution in [1.82, 2.24) is 9.97 Å². The molecule has 0 saturated carbocycles. The summed E-state index contributed by atoms with van der Waals surface area (Å²) in [5.41, 5.74) is 17.3. The number of fused-ring (bicyclic) bond motifs is 4. The molecule has 2 heteroatoms. The molecular weight excluding hydrogens is 677 g/mol. The fourth-order valence-corrected chi connectivity index (χ4v) is 8.64. The van der Waals surface area contributed by atoms with Crippen LogP contribution in [0.5, 0.6) is 0 Å². The summed E-state index contributed by atoms with van der Waals surface area (Å²) in [6.45, 7) is 0. The van der Waals surface area contributed by atoms with Gasteiger partial charge in [0.2, 0.25) is 0 Å². The van der Waals surface area contributed by atoms with E-state index >= 15 is 0 Å². The lowest BCUT2D eigenvalue weighted by Gasteiger charge is -2.17. The van der Waals surface area contributed by atoms with Crippen LogP contribution in [0.2, 0.25) is 0 Å². The average molecular weight is 711 g/mol. The van der Waals surface area contributed by atoms with Gasteiger partial charge in [0.25, 0.3) is 0 Å². The van der Waals surface area contributed by atoms with Gasteiger partial charge in [0, 0.05) is 16.7 Å². The highest BCUT2D eigenvalue weighted by molar-refractivity contribution is 6.19. The quantitative estimate of drug-likeness (QED) is 0.172. The van der Waals surface area contributed by atoms with Crippen molar-refractivity contribution in [3.8, 4) is 89.5 Å². The first-order valence-electron chi connectivity index (χ1n) is 19.2. The molecule has 0 N–H and O–H groups in total. The molecule has 1 aliphatic carbocycles. The summed E-state index contributed by atoms with van der Waals surface area (Å²) >= 11 is 0. The molecular formula is C54H34N2. The molecule has 9 aromatic carbocycles. The van der Waals surface area contributed by atoms with Gasteiger partial charge in [-0.15, -0.1) is 0 Å². The fraction of sp³-hybridized carbons (Fsp3) is 0. The van der Waals surface area contributed by atoms with Gasteiger partial charge in [-0.3, -0.25) is 0 Å². The minimum absolute atomic E-state index is 0.700. The number of hydrogen-bond donors (Lipinski definition) is 0. The fourth-order valence-electron chi connectivity index (χ4n) is 8.64. The molecule has 1 aliphatic rings. The van der Waals surface area contributed by atoms with Crippen molar-refractivity contribution in [1.29, 1.82) is 0 Å². The molecule has 11 rings (SSSR count). The van der Waals surface area contributed by atoms with E-state index in [0.717, 1.165) is 33.6 Å². The van der Waals surface area contributed by atoms with Crippen LogP contribution in [0.15, 0.2) is 206 Å². The van der Waals surface area contributed by atoms with E-state index in [1.807, 2.05) is 12.1 Å². The Morgan fingerprint density at radius 3 is 1.48 bits per heavy atom. The first-order valence-corrected chi connectivity index (χ1v) is 19.2. The molecule has 0 saturated heterocycles. The molecule has 0 amide bonds. The van der Waals surface area contributed by atoms with Crippen LogP contribution in [0.25, 0.3) is 111 Å². The summed E-state index contributed by atoms with van der Waals surface area (Å²) in [6.07, 6.45) is 0. The third-order valence-corrected chi connectivity index (χ3v) is 11.2. The van der Waals surface area contributed by atoms with Crippen LogP contribution in [-0.2, 0) is 0 Å². The molecule has 0 atom stereocenters. The number of hydrogen-bond acceptors (Lipinski definition) is 2. The Morgan fingerprint density at radius 2 is 0.750 bits per heavy atom. The number of benzene rings is 9. The standard InChI is InChI=1S/C54H34N2/c1-3-15-36(16-4-1)50-34-51(37-17-5-2-6-18-37)56-54(55-50)41-22-12-20-39(33-41)44-29-28-35-14-7-8-23-43(35)52(44)40-21-11-19-38(32-40)42-30-31-49-46-25-10-9-24-45(46)48-27-13-26-47(42)53(48)49/h1-34H. The predicted octanol–water partition coefficient (Wildman–Crippen LogP) is 14.4. The predicted molar refractivity (Wildman–Crippen MR) is 234 cm³/mol. The largest absolute Gasteiger partial charge is 0.228 e. The van der Waals surface area contributed by atoms with Crippen LogP contribution in [0.1, 0.15) is 0 Å². The van der Waals surface area contributed by atoms with E-state index in [0.29, 0.717) is 5.82 Å². The zero-order valence-electron chi connectivity index (χ0n) is 30.5. The van der Waals surface area contributed by atoms with Crippen LogP contribution in [0.4, 0.5) is 0 Å². The summed E-state index contributed by atoms with van der Waals surface area (Å²) in [4.78, 5) is 10.3. The summed E-state index contributed by atoms with van der Waals surface area (Å²) in [7, 11) is 0. The molecule has 0 aliphatic heterocycles. The van der Waals surface area contributed by atoms with Crippen molar-refractivity contribution >= 4 is 21.5 Å². The van der Waals surface area contributed by atoms with Gasteiger partial charge in [0.15, 0.2) is 5.82 Å². The molecule has 1 aromatic heterocycles. The Labute approximate surface area is 326 Å². The van der Waals surface area contributed by atoms with E-state index in [-0.39, 0.29) is 0 Å². The van der Waals surface area contributed by atoms with E-state index < -0.39 is 0 Å². The van der Waals surface area contributed by atoms with Crippen molar-refractivity contribution in [2.75, 3.05) is 0 Å². The summed E-state index contributed by atoms with van der Waals surface area (Å²) in [5, 5.41) is 5.06. The summed E-state index contributed by atoms with van der Waals surface area (Å²) in [6, 6.07) is 74.0. The van der Waals surface area contributed by atoms with Crippen LogP contribution < -0.4 is 0 Å². The van der Waals surface area contributed by atoms with E-state index in [1.165, 1.54) is 71.6 Å². The van der Waals surface area contributed by atoms with E-state index in [2.05, 4.69) is 194 Å². The smallest absolute Gasteiger partial charge is 0.160 e. The van der Waals surface area contributed by atoms with Crippen molar-refractivity contribution in [2.24, 2.45) is 0 Å². The van der Waals surface area contributed by atoms with Gasteiger partial charge in [0.05, 0.1) is 11.4 Å². The van der Waals surface area contributed by atoms with Crippen molar-refractivity contribution in [2.45, 2.75) is 0 Å². The average Bonchev–Trinajstić information content (AvgIpc) is 3.61. The lowest BCUT2D eigenvalue weighted by molar-refractivity contribution is 1.18. The molecule has 0 fully saturated rings. The normalized spacial score (nSPS) is 11.6. The number of nitrogens with zero attached hydrogens (tertiary/aromatic N) is 2. The van der Waals surface area contributed by atoms with Gasteiger partial charge in [-0.2, -0.15) is 0 Å². The Kier molecular flexibility index (Phi) is 7.53. The molecule has 0 spiro atoms. The Hall–Kier alpha value is -7.42. The Balaban J connectivity index is 1.07. The minimum atomic E-state index is 0.700. The lowest BCUT2D eigenvalue weighted by atomic mass is 9.87. The highest BCUT2D eigenvalue weighted by Crippen LogP contribution is 2.49. The van der Waals surface area contributed by atoms with Crippen LogP contribution in [-0.4, -0.2) is 9.97 Å². The zero-order chi connectivity index (χ0) is 37.0. The molecule has 56 heavy (non-hydrogen) atoms. The van der Waals surface area contributed by atoms with Gasteiger partial charge in [-0.25, -0.2) is 9.97 Å². The van der Waals surface area contributed by atoms with E-state index in [9.17, 15) is 0 Å². The second-order valence-electron chi connectivity index (χ2n) is 14.5. The highest BCUT2D eigenvalue weighted by atomic mass is 14.9. The minimum Gasteiger partial charge on any atom is -0.228 e. The first kappa shape index (κ1) is 32.0. The molecule has 10 aromatic rings. The van der Waals surface area contributed by atoms with Crippen LogP contribution in [0.3, 0.4) is 0 Å². The third kappa shape index (κ3) is 5.34. The Bertz CT molecular complexity index is 3040. The first-order chi connectivity index (χ1) is 27.8. The number of aromatic nitrogens is 2. The van der Waals surface area contributed by atoms with Gasteiger partial charge in [-0.1, -0.05) is 188 Å². The topological polar surface area (TPSA) is 25.8 Å². The molecule has 260 valence electrons. The van der Waals surface area contributed by atoms with Gasteiger partial charge >= 0.3 is 0 Å². The molecule has 0 unspecified atom stereocenters. The van der Waals surface area contributed by atoms with Crippen LogP contribution in [0, 0.1) is 0 Å². The van der Waals surface area contributed by atoms with Gasteiger partial charge in [-0.05, 0) is 95.4 Å².